The first-order chi connectivity index (χ1) is 8.85. The Morgan fingerprint density at radius 3 is 2.42 bits per heavy atom. The number of hydrogen-bond donors (Lipinski definition) is 1. The first-order valence-corrected chi connectivity index (χ1v) is 7.16. The third-order valence-electron chi connectivity index (χ3n) is 3.78. The molecule has 2 atom stereocenters. The van der Waals surface area contributed by atoms with Crippen molar-refractivity contribution in [3.63, 3.8) is 0 Å². The van der Waals surface area contributed by atoms with E-state index < -0.39 is 0 Å². The molecule has 0 amide bonds. The Kier molecular flexibility index (Phi) is 4.09. The van der Waals surface area contributed by atoms with E-state index in [4.69, 9.17) is 4.98 Å². The molecule has 2 rings (SSSR count). The summed E-state index contributed by atoms with van der Waals surface area (Å²) in [7, 11) is 0. The van der Waals surface area contributed by atoms with Crippen LogP contribution in [0.1, 0.15) is 40.3 Å². The highest BCUT2D eigenvalue weighted by molar-refractivity contribution is 5.38. The Bertz CT molecular complexity index is 414. The van der Waals surface area contributed by atoms with Crippen LogP contribution >= 0.6 is 0 Å². The summed E-state index contributed by atoms with van der Waals surface area (Å²) in [6.45, 7) is 14.0. The number of nitrogens with zero attached hydrogens (tertiary/aromatic N) is 3. The molecular formula is C15H26N4. The van der Waals surface area contributed by atoms with Gasteiger partial charge in [-0.25, -0.2) is 4.98 Å². The summed E-state index contributed by atoms with van der Waals surface area (Å²) in [6.07, 6.45) is 3.73. The lowest BCUT2D eigenvalue weighted by molar-refractivity contribution is 0.421. The van der Waals surface area contributed by atoms with Gasteiger partial charge in [0.05, 0.1) is 11.9 Å². The molecule has 1 aliphatic heterocycles. The number of hydrogen-bond acceptors (Lipinski definition) is 4. The van der Waals surface area contributed by atoms with Gasteiger partial charge in [0.1, 0.15) is 5.82 Å². The van der Waals surface area contributed by atoms with Crippen molar-refractivity contribution in [1.29, 1.82) is 0 Å². The molecule has 4 nitrogen and oxygen atoms in total. The molecule has 0 bridgehead atoms. The highest BCUT2D eigenvalue weighted by atomic mass is 15.2. The second kappa shape index (κ2) is 5.45. The first kappa shape index (κ1) is 14.3. The Hall–Kier alpha value is -1.16. The fourth-order valence-electron chi connectivity index (χ4n) is 2.30. The van der Waals surface area contributed by atoms with Gasteiger partial charge in [0.25, 0.3) is 0 Å². The Labute approximate surface area is 116 Å². The zero-order chi connectivity index (χ0) is 14.0. The van der Waals surface area contributed by atoms with Crippen molar-refractivity contribution in [3.8, 4) is 0 Å². The molecule has 0 radical (unpaired) electrons. The van der Waals surface area contributed by atoms with Crippen LogP contribution in [0.2, 0.25) is 0 Å². The van der Waals surface area contributed by atoms with Gasteiger partial charge >= 0.3 is 0 Å². The molecule has 0 aliphatic carbocycles. The van der Waals surface area contributed by atoms with Crippen LogP contribution in [0.4, 0.5) is 5.82 Å². The molecule has 1 aromatic rings. The van der Waals surface area contributed by atoms with Gasteiger partial charge in [-0.2, -0.15) is 0 Å². The second-order valence-corrected chi connectivity index (χ2v) is 6.83. The van der Waals surface area contributed by atoms with Crippen molar-refractivity contribution in [3.05, 3.63) is 18.1 Å². The second-order valence-electron chi connectivity index (χ2n) is 6.83. The van der Waals surface area contributed by atoms with Crippen molar-refractivity contribution < 1.29 is 0 Å². The molecule has 2 unspecified atom stereocenters. The normalized spacial score (nSPS) is 23.9. The summed E-state index contributed by atoms with van der Waals surface area (Å²) < 4.78 is 0. The van der Waals surface area contributed by atoms with Crippen LogP contribution in [-0.4, -0.2) is 28.6 Å². The van der Waals surface area contributed by atoms with Gasteiger partial charge in [0, 0.05) is 31.4 Å². The SMILES string of the molecule is CC1CN(c2cncc(CNC(C)(C)C)n2)CC1C. The third kappa shape index (κ3) is 3.90. The maximum Gasteiger partial charge on any atom is 0.147 e. The fraction of sp³-hybridized carbons (Fsp3) is 0.733. The highest BCUT2D eigenvalue weighted by Gasteiger charge is 2.27. The molecular weight excluding hydrogens is 236 g/mol. The summed E-state index contributed by atoms with van der Waals surface area (Å²) in [5.74, 6) is 2.49. The molecule has 1 N–H and O–H groups in total. The molecule has 1 fully saturated rings. The predicted octanol–water partition coefficient (Wildman–Crippen LogP) is 2.46. The van der Waals surface area contributed by atoms with Crippen LogP contribution < -0.4 is 10.2 Å². The van der Waals surface area contributed by atoms with Crippen molar-refractivity contribution in [2.45, 2.75) is 46.7 Å². The minimum absolute atomic E-state index is 0.106. The van der Waals surface area contributed by atoms with Crippen LogP contribution in [0.5, 0.6) is 0 Å². The van der Waals surface area contributed by atoms with Crippen molar-refractivity contribution in [1.82, 2.24) is 15.3 Å². The summed E-state index contributed by atoms with van der Waals surface area (Å²) >= 11 is 0. The molecule has 1 saturated heterocycles. The summed E-state index contributed by atoms with van der Waals surface area (Å²) in [6, 6.07) is 0. The van der Waals surface area contributed by atoms with E-state index in [-0.39, 0.29) is 5.54 Å². The van der Waals surface area contributed by atoms with E-state index in [0.29, 0.717) is 0 Å². The monoisotopic (exact) mass is 262 g/mol. The third-order valence-corrected chi connectivity index (χ3v) is 3.78. The number of anilines is 1. The number of aromatic nitrogens is 2. The minimum atomic E-state index is 0.106. The quantitative estimate of drug-likeness (QED) is 0.908. The molecule has 0 saturated carbocycles. The first-order valence-electron chi connectivity index (χ1n) is 7.16. The molecule has 4 heteroatoms. The van der Waals surface area contributed by atoms with E-state index in [2.05, 4.69) is 49.8 Å². The Balaban J connectivity index is 2.03. The smallest absolute Gasteiger partial charge is 0.147 e. The Morgan fingerprint density at radius 1 is 1.21 bits per heavy atom. The van der Waals surface area contributed by atoms with E-state index in [1.165, 1.54) is 0 Å². The lowest BCUT2D eigenvalue weighted by atomic mass is 10.0. The van der Waals surface area contributed by atoms with Gasteiger partial charge in [0.15, 0.2) is 0 Å². The van der Waals surface area contributed by atoms with Crippen molar-refractivity contribution in [2.24, 2.45) is 11.8 Å². The molecule has 0 aromatic carbocycles. The summed E-state index contributed by atoms with van der Waals surface area (Å²) in [5.41, 5.74) is 1.12. The van der Waals surface area contributed by atoms with Gasteiger partial charge in [0.2, 0.25) is 0 Å². The molecule has 2 heterocycles. The van der Waals surface area contributed by atoms with Crippen LogP contribution in [0.25, 0.3) is 0 Å². The standard InChI is InChI=1S/C15H26N4/c1-11-9-19(10-12(11)2)14-8-16-6-13(18-14)7-17-15(3,4)5/h6,8,11-12,17H,7,9-10H2,1-5H3. The van der Waals surface area contributed by atoms with Crippen molar-refractivity contribution >= 4 is 5.82 Å². The largest absolute Gasteiger partial charge is 0.355 e. The van der Waals surface area contributed by atoms with Gasteiger partial charge < -0.3 is 10.2 Å². The number of rotatable bonds is 3. The number of nitrogens with one attached hydrogen (secondary N) is 1. The summed E-state index contributed by atoms with van der Waals surface area (Å²) in [5, 5.41) is 3.45. The molecule has 19 heavy (non-hydrogen) atoms. The topological polar surface area (TPSA) is 41.1 Å². The van der Waals surface area contributed by atoms with Gasteiger partial charge in [-0.15, -0.1) is 0 Å². The van der Waals surface area contributed by atoms with Gasteiger partial charge in [-0.05, 0) is 32.6 Å². The average molecular weight is 262 g/mol. The van der Waals surface area contributed by atoms with Crippen molar-refractivity contribution in [2.75, 3.05) is 18.0 Å². The lowest BCUT2D eigenvalue weighted by Gasteiger charge is -2.21. The summed E-state index contributed by atoms with van der Waals surface area (Å²) in [4.78, 5) is 11.4. The highest BCUT2D eigenvalue weighted by Crippen LogP contribution is 2.25. The van der Waals surface area contributed by atoms with E-state index in [1.54, 1.807) is 0 Å². The fourth-order valence-corrected chi connectivity index (χ4v) is 2.30. The molecule has 0 spiro atoms. The van der Waals surface area contributed by atoms with E-state index >= 15 is 0 Å². The van der Waals surface area contributed by atoms with E-state index in [1.807, 2.05) is 12.4 Å². The zero-order valence-electron chi connectivity index (χ0n) is 12.8. The average Bonchev–Trinajstić information content (AvgIpc) is 2.67. The predicted molar refractivity (Wildman–Crippen MR) is 79.2 cm³/mol. The van der Waals surface area contributed by atoms with Crippen LogP contribution in [0.15, 0.2) is 12.4 Å². The molecule has 1 aromatic heterocycles. The van der Waals surface area contributed by atoms with E-state index in [0.717, 1.165) is 43.0 Å². The lowest BCUT2D eigenvalue weighted by Crippen LogP contribution is -2.35. The molecule has 106 valence electrons. The Morgan fingerprint density at radius 2 is 1.84 bits per heavy atom. The van der Waals surface area contributed by atoms with Gasteiger partial charge in [-0.1, -0.05) is 13.8 Å². The maximum atomic E-state index is 4.73. The van der Waals surface area contributed by atoms with E-state index in [9.17, 15) is 0 Å². The zero-order valence-corrected chi connectivity index (χ0v) is 12.8. The van der Waals surface area contributed by atoms with Crippen LogP contribution in [-0.2, 0) is 6.54 Å². The van der Waals surface area contributed by atoms with Gasteiger partial charge in [-0.3, -0.25) is 4.98 Å². The van der Waals surface area contributed by atoms with Crippen LogP contribution in [0, 0.1) is 11.8 Å². The molecule has 1 aliphatic rings. The minimum Gasteiger partial charge on any atom is -0.355 e. The maximum absolute atomic E-state index is 4.73. The van der Waals surface area contributed by atoms with Crippen LogP contribution in [0.3, 0.4) is 0 Å².